The molecule has 23 heavy (non-hydrogen) atoms. The van der Waals surface area contributed by atoms with Crippen molar-refractivity contribution >= 4 is 27.6 Å². The third-order valence-corrected chi connectivity index (χ3v) is 3.66. The Bertz CT molecular complexity index is 891. The summed E-state index contributed by atoms with van der Waals surface area (Å²) in [5.74, 6) is -0.950. The smallest absolute Gasteiger partial charge is 0.279 e. The third kappa shape index (κ3) is 3.04. The fourth-order valence-corrected chi connectivity index (χ4v) is 2.38. The van der Waals surface area contributed by atoms with Gasteiger partial charge in [-0.2, -0.15) is 5.10 Å². The number of hydrogen-bond donors (Lipinski definition) is 1. The van der Waals surface area contributed by atoms with Crippen LogP contribution in [0, 0.1) is 0 Å². The Kier molecular flexibility index (Phi) is 4.03. The van der Waals surface area contributed by atoms with Gasteiger partial charge in [-0.25, -0.2) is 4.68 Å². The van der Waals surface area contributed by atoms with Crippen molar-refractivity contribution in [3.63, 3.8) is 0 Å². The largest absolute Gasteiger partial charge is 0.507 e. The van der Waals surface area contributed by atoms with Gasteiger partial charge in [0.15, 0.2) is 5.78 Å². The minimum Gasteiger partial charge on any atom is -0.507 e. The summed E-state index contributed by atoms with van der Waals surface area (Å²) >= 11 is 3.25. The Morgan fingerprint density at radius 2 is 1.96 bits per heavy atom. The van der Waals surface area contributed by atoms with Crippen LogP contribution < -0.4 is 0 Å². The summed E-state index contributed by atoms with van der Waals surface area (Å²) in [5, 5.41) is 13.7. The van der Waals surface area contributed by atoms with Crippen LogP contribution in [-0.4, -0.2) is 31.6 Å². The number of aromatic nitrogens is 3. The summed E-state index contributed by atoms with van der Waals surface area (Å²) < 4.78 is 1.73. The van der Waals surface area contributed by atoms with E-state index in [9.17, 15) is 14.7 Å². The van der Waals surface area contributed by atoms with Crippen molar-refractivity contribution in [1.82, 2.24) is 14.8 Å². The van der Waals surface area contributed by atoms with Gasteiger partial charge in [-0.3, -0.25) is 14.6 Å². The number of ketones is 1. The van der Waals surface area contributed by atoms with E-state index >= 15 is 0 Å². The SMILES string of the molecule is O=C(c1cnn(C(=O)c2cccnc2)c1)c1cc(Br)ccc1O. The zero-order chi connectivity index (χ0) is 16.4. The average Bonchev–Trinajstić information content (AvgIpc) is 3.06. The van der Waals surface area contributed by atoms with Crippen LogP contribution in [0.15, 0.2) is 59.6 Å². The minimum atomic E-state index is -0.422. The number of phenols is 1. The summed E-state index contributed by atoms with van der Waals surface area (Å²) in [4.78, 5) is 28.5. The second-order valence-corrected chi connectivity index (χ2v) is 5.63. The van der Waals surface area contributed by atoms with Gasteiger partial charge in [-0.1, -0.05) is 15.9 Å². The minimum absolute atomic E-state index is 0.132. The maximum atomic E-state index is 12.4. The molecule has 6 nitrogen and oxygen atoms in total. The number of carbonyl (C=O) groups excluding carboxylic acids is 2. The number of rotatable bonds is 3. The number of carbonyl (C=O) groups is 2. The molecule has 0 unspecified atom stereocenters. The van der Waals surface area contributed by atoms with E-state index in [0.717, 1.165) is 4.68 Å². The van der Waals surface area contributed by atoms with E-state index in [4.69, 9.17) is 0 Å². The molecule has 0 aliphatic rings. The molecular formula is C16H10BrN3O3. The zero-order valence-corrected chi connectivity index (χ0v) is 13.3. The van der Waals surface area contributed by atoms with Gasteiger partial charge in [0.2, 0.25) is 0 Å². The maximum Gasteiger partial charge on any atom is 0.279 e. The van der Waals surface area contributed by atoms with Gasteiger partial charge < -0.3 is 5.11 Å². The van der Waals surface area contributed by atoms with Gasteiger partial charge in [0.25, 0.3) is 5.91 Å². The van der Waals surface area contributed by atoms with E-state index in [2.05, 4.69) is 26.0 Å². The standard InChI is InChI=1S/C16H10BrN3O3/c17-12-3-4-14(21)13(6-12)15(22)11-8-19-20(9-11)16(23)10-2-1-5-18-7-10/h1-9,21H. The molecule has 114 valence electrons. The van der Waals surface area contributed by atoms with Crippen molar-refractivity contribution in [2.45, 2.75) is 0 Å². The average molecular weight is 372 g/mol. The summed E-state index contributed by atoms with van der Waals surface area (Å²) in [6, 6.07) is 7.81. The zero-order valence-electron chi connectivity index (χ0n) is 11.7. The van der Waals surface area contributed by atoms with Crippen molar-refractivity contribution in [2.24, 2.45) is 0 Å². The Balaban J connectivity index is 1.91. The van der Waals surface area contributed by atoms with Crippen molar-refractivity contribution < 1.29 is 14.7 Å². The first-order valence-electron chi connectivity index (χ1n) is 6.59. The molecular weight excluding hydrogens is 362 g/mol. The highest BCUT2D eigenvalue weighted by Gasteiger charge is 2.18. The predicted octanol–water partition coefficient (Wildman–Crippen LogP) is 2.67. The number of nitrogens with zero attached hydrogens (tertiary/aromatic N) is 3. The molecule has 2 heterocycles. The van der Waals surface area contributed by atoms with E-state index in [-0.39, 0.29) is 16.9 Å². The van der Waals surface area contributed by atoms with Gasteiger partial charge in [-0.15, -0.1) is 0 Å². The molecule has 7 heteroatoms. The van der Waals surface area contributed by atoms with Crippen LogP contribution in [0.25, 0.3) is 0 Å². The first-order valence-corrected chi connectivity index (χ1v) is 7.38. The fraction of sp³-hybridized carbons (Fsp3) is 0. The van der Waals surface area contributed by atoms with Crippen molar-refractivity contribution in [3.8, 4) is 5.75 Å². The molecule has 1 N–H and O–H groups in total. The predicted molar refractivity (Wildman–Crippen MR) is 85.4 cm³/mol. The highest BCUT2D eigenvalue weighted by Crippen LogP contribution is 2.24. The lowest BCUT2D eigenvalue weighted by Gasteiger charge is -2.02. The second-order valence-electron chi connectivity index (χ2n) is 4.71. The van der Waals surface area contributed by atoms with E-state index < -0.39 is 11.7 Å². The van der Waals surface area contributed by atoms with Gasteiger partial charge in [0.05, 0.1) is 22.9 Å². The molecule has 0 aliphatic heterocycles. The molecule has 0 atom stereocenters. The Hall–Kier alpha value is -2.80. The van der Waals surface area contributed by atoms with Gasteiger partial charge in [-0.05, 0) is 30.3 Å². The summed E-state index contributed by atoms with van der Waals surface area (Å²) in [7, 11) is 0. The van der Waals surface area contributed by atoms with Gasteiger partial charge in [0.1, 0.15) is 5.75 Å². The van der Waals surface area contributed by atoms with E-state index in [1.807, 2.05) is 0 Å². The number of aromatic hydroxyl groups is 1. The molecule has 0 bridgehead atoms. The third-order valence-electron chi connectivity index (χ3n) is 3.16. The first-order chi connectivity index (χ1) is 11.1. The quantitative estimate of drug-likeness (QED) is 0.715. The normalized spacial score (nSPS) is 10.5. The highest BCUT2D eigenvalue weighted by atomic mass is 79.9. The highest BCUT2D eigenvalue weighted by molar-refractivity contribution is 9.10. The van der Waals surface area contributed by atoms with Crippen LogP contribution >= 0.6 is 15.9 Å². The molecule has 3 rings (SSSR count). The molecule has 0 radical (unpaired) electrons. The monoisotopic (exact) mass is 371 g/mol. The lowest BCUT2D eigenvalue weighted by molar-refractivity contribution is 0.0944. The number of benzene rings is 1. The topological polar surface area (TPSA) is 85.1 Å². The van der Waals surface area contributed by atoms with E-state index in [1.54, 1.807) is 24.4 Å². The molecule has 0 saturated heterocycles. The van der Waals surface area contributed by atoms with Gasteiger partial charge >= 0.3 is 0 Å². The molecule has 0 aliphatic carbocycles. The van der Waals surface area contributed by atoms with Crippen molar-refractivity contribution in [2.75, 3.05) is 0 Å². The van der Waals surface area contributed by atoms with Crippen LogP contribution in [0.5, 0.6) is 5.75 Å². The van der Waals surface area contributed by atoms with Crippen molar-refractivity contribution in [1.29, 1.82) is 0 Å². The molecule has 0 amide bonds. The summed E-state index contributed by atoms with van der Waals surface area (Å²) in [6.45, 7) is 0. The Morgan fingerprint density at radius 1 is 1.13 bits per heavy atom. The maximum absolute atomic E-state index is 12.4. The van der Waals surface area contributed by atoms with Crippen LogP contribution in [0.2, 0.25) is 0 Å². The molecule has 2 aromatic heterocycles. The van der Waals surface area contributed by atoms with Crippen LogP contribution in [0.1, 0.15) is 26.3 Å². The number of halogens is 1. The lowest BCUT2D eigenvalue weighted by Crippen LogP contribution is -2.12. The summed E-state index contributed by atoms with van der Waals surface area (Å²) in [5.41, 5.74) is 0.697. The number of hydrogen-bond acceptors (Lipinski definition) is 5. The van der Waals surface area contributed by atoms with Crippen LogP contribution in [0.4, 0.5) is 0 Å². The van der Waals surface area contributed by atoms with E-state index in [1.165, 1.54) is 30.7 Å². The van der Waals surface area contributed by atoms with Crippen molar-refractivity contribution in [3.05, 3.63) is 76.3 Å². The first kappa shape index (κ1) is 15.1. The number of phenolic OH excluding ortho intramolecular Hbond substituents is 1. The molecule has 3 aromatic rings. The molecule has 0 saturated carbocycles. The second kappa shape index (κ2) is 6.13. The molecule has 1 aromatic carbocycles. The molecule has 0 fully saturated rings. The summed E-state index contributed by atoms with van der Waals surface area (Å²) in [6.07, 6.45) is 5.60. The molecule has 0 spiro atoms. The lowest BCUT2D eigenvalue weighted by atomic mass is 10.1. The fourth-order valence-electron chi connectivity index (χ4n) is 2.02. The number of pyridine rings is 1. The van der Waals surface area contributed by atoms with Crippen LogP contribution in [-0.2, 0) is 0 Å². The van der Waals surface area contributed by atoms with Gasteiger partial charge in [0, 0.05) is 23.1 Å². The Morgan fingerprint density at radius 3 is 2.70 bits per heavy atom. The Labute approximate surface area is 139 Å². The van der Waals surface area contributed by atoms with E-state index in [0.29, 0.717) is 10.0 Å². The van der Waals surface area contributed by atoms with Crippen LogP contribution in [0.3, 0.4) is 0 Å².